The highest BCUT2D eigenvalue weighted by Gasteiger charge is 2.29. The summed E-state index contributed by atoms with van der Waals surface area (Å²) in [6.07, 6.45) is 1.07. The van der Waals surface area contributed by atoms with Gasteiger partial charge in [-0.1, -0.05) is 11.6 Å². The number of rotatable bonds is 1. The van der Waals surface area contributed by atoms with Crippen molar-refractivity contribution in [3.8, 4) is 5.75 Å². The van der Waals surface area contributed by atoms with E-state index >= 15 is 0 Å². The second kappa shape index (κ2) is 3.04. The molecule has 0 aliphatic heterocycles. The zero-order chi connectivity index (χ0) is 9.42. The molecule has 13 heavy (non-hydrogen) atoms. The van der Waals surface area contributed by atoms with Crippen LogP contribution in [-0.2, 0) is 4.79 Å². The van der Waals surface area contributed by atoms with Crippen LogP contribution in [0.4, 0.5) is 0 Å². The molecule has 2 rings (SSSR count). The van der Waals surface area contributed by atoms with E-state index in [1.807, 2.05) is 0 Å². The van der Waals surface area contributed by atoms with Gasteiger partial charge >= 0.3 is 0 Å². The Bertz CT molecular complexity index is 352. The molecule has 2 nitrogen and oxygen atoms in total. The number of hydrogen-bond acceptors (Lipinski definition) is 2. The first kappa shape index (κ1) is 8.57. The fourth-order valence-electron chi connectivity index (χ4n) is 1.56. The number of phenolic OH excluding ortho intramolecular Hbond substituents is 1. The minimum atomic E-state index is 0.172. The Hall–Kier alpha value is -1.02. The molecule has 0 atom stereocenters. The summed E-state index contributed by atoms with van der Waals surface area (Å²) < 4.78 is 0. The van der Waals surface area contributed by atoms with Crippen LogP contribution in [0.3, 0.4) is 0 Å². The van der Waals surface area contributed by atoms with E-state index < -0.39 is 0 Å². The molecule has 0 bridgehead atoms. The van der Waals surface area contributed by atoms with Gasteiger partial charge in [0.1, 0.15) is 11.5 Å². The van der Waals surface area contributed by atoms with Crippen molar-refractivity contribution in [3.05, 3.63) is 28.8 Å². The van der Waals surface area contributed by atoms with Gasteiger partial charge < -0.3 is 5.11 Å². The standard InChI is InChI=1S/C10H9ClO2/c11-7-1-2-10(13)9(5-7)6-3-8(12)4-6/h1-2,5-6,13H,3-4H2. The Balaban J connectivity index is 2.29. The summed E-state index contributed by atoms with van der Waals surface area (Å²) in [7, 11) is 0. The minimum absolute atomic E-state index is 0.172. The van der Waals surface area contributed by atoms with E-state index in [1.165, 1.54) is 0 Å². The topological polar surface area (TPSA) is 37.3 Å². The van der Waals surface area contributed by atoms with Gasteiger partial charge in [0.25, 0.3) is 0 Å². The molecule has 1 aliphatic carbocycles. The van der Waals surface area contributed by atoms with Crippen LogP contribution in [-0.4, -0.2) is 10.9 Å². The smallest absolute Gasteiger partial charge is 0.134 e. The molecule has 68 valence electrons. The first-order chi connectivity index (χ1) is 6.16. The molecule has 1 aromatic carbocycles. The van der Waals surface area contributed by atoms with Crippen LogP contribution in [0.1, 0.15) is 24.3 Å². The zero-order valence-electron chi connectivity index (χ0n) is 6.96. The van der Waals surface area contributed by atoms with E-state index in [4.69, 9.17) is 11.6 Å². The quantitative estimate of drug-likeness (QED) is 0.750. The fraction of sp³-hybridized carbons (Fsp3) is 0.300. The van der Waals surface area contributed by atoms with Crippen LogP contribution in [0.25, 0.3) is 0 Å². The molecule has 0 unspecified atom stereocenters. The summed E-state index contributed by atoms with van der Waals surface area (Å²) in [6.45, 7) is 0. The van der Waals surface area contributed by atoms with Crippen molar-refractivity contribution in [3.63, 3.8) is 0 Å². The molecule has 3 heteroatoms. The summed E-state index contributed by atoms with van der Waals surface area (Å²) in [5.74, 6) is 0.664. The van der Waals surface area contributed by atoms with E-state index in [0.29, 0.717) is 17.9 Å². The molecule has 0 radical (unpaired) electrons. The SMILES string of the molecule is O=C1CC(c2cc(Cl)ccc2O)C1. The lowest BCUT2D eigenvalue weighted by Crippen LogP contribution is -2.21. The summed E-state index contributed by atoms with van der Waals surface area (Å²) in [5, 5.41) is 10.1. The highest BCUT2D eigenvalue weighted by molar-refractivity contribution is 6.30. The van der Waals surface area contributed by atoms with Gasteiger partial charge in [-0.2, -0.15) is 0 Å². The lowest BCUT2D eigenvalue weighted by molar-refractivity contribution is -0.124. The molecule has 0 heterocycles. The number of aromatic hydroxyl groups is 1. The second-order valence-electron chi connectivity index (χ2n) is 3.35. The number of ketones is 1. The van der Waals surface area contributed by atoms with Crippen molar-refractivity contribution in [2.24, 2.45) is 0 Å². The van der Waals surface area contributed by atoms with Crippen molar-refractivity contribution in [2.75, 3.05) is 0 Å². The number of halogens is 1. The molecule has 0 amide bonds. The second-order valence-corrected chi connectivity index (χ2v) is 3.78. The first-order valence-electron chi connectivity index (χ1n) is 4.17. The van der Waals surface area contributed by atoms with Gasteiger partial charge in [0.15, 0.2) is 0 Å². The van der Waals surface area contributed by atoms with Crippen molar-refractivity contribution in [1.82, 2.24) is 0 Å². The number of benzene rings is 1. The third-order valence-electron chi connectivity index (χ3n) is 2.38. The van der Waals surface area contributed by atoms with Gasteiger partial charge in [-0.3, -0.25) is 4.79 Å². The van der Waals surface area contributed by atoms with Crippen LogP contribution >= 0.6 is 11.6 Å². The highest BCUT2D eigenvalue weighted by atomic mass is 35.5. The van der Waals surface area contributed by atoms with E-state index in [9.17, 15) is 9.90 Å². The number of hydrogen-bond donors (Lipinski definition) is 1. The van der Waals surface area contributed by atoms with E-state index in [-0.39, 0.29) is 17.5 Å². The van der Waals surface area contributed by atoms with Crippen LogP contribution in [0.15, 0.2) is 18.2 Å². The lowest BCUT2D eigenvalue weighted by atomic mass is 9.78. The maximum atomic E-state index is 10.8. The summed E-state index contributed by atoms with van der Waals surface area (Å²) in [5.41, 5.74) is 0.798. The predicted octanol–water partition coefficient (Wildman–Crippen LogP) is 2.49. The Labute approximate surface area is 81.1 Å². The third kappa shape index (κ3) is 1.54. The van der Waals surface area contributed by atoms with Gasteiger partial charge in [0, 0.05) is 23.8 Å². The Morgan fingerprint density at radius 1 is 1.38 bits per heavy atom. The monoisotopic (exact) mass is 196 g/mol. The van der Waals surface area contributed by atoms with Crippen LogP contribution in [0, 0.1) is 0 Å². The van der Waals surface area contributed by atoms with Gasteiger partial charge in [-0.15, -0.1) is 0 Å². The fourth-order valence-corrected chi connectivity index (χ4v) is 1.74. The third-order valence-corrected chi connectivity index (χ3v) is 2.61. The van der Waals surface area contributed by atoms with Crippen molar-refractivity contribution < 1.29 is 9.90 Å². The average Bonchev–Trinajstić information content (AvgIpc) is 2.04. The van der Waals surface area contributed by atoms with Crippen molar-refractivity contribution in [2.45, 2.75) is 18.8 Å². The largest absolute Gasteiger partial charge is 0.508 e. The molecular weight excluding hydrogens is 188 g/mol. The first-order valence-corrected chi connectivity index (χ1v) is 4.54. The molecule has 0 aromatic heterocycles. The normalized spacial score (nSPS) is 17.2. The molecule has 0 spiro atoms. The number of Topliss-reactive ketones (excluding diaryl/α,β-unsaturated/α-hetero) is 1. The van der Waals surface area contributed by atoms with E-state index in [1.54, 1.807) is 18.2 Å². The molecular formula is C10H9ClO2. The van der Waals surface area contributed by atoms with Crippen LogP contribution in [0.5, 0.6) is 5.75 Å². The molecule has 1 N–H and O–H groups in total. The Morgan fingerprint density at radius 2 is 2.08 bits per heavy atom. The van der Waals surface area contributed by atoms with E-state index in [0.717, 1.165) is 5.56 Å². The van der Waals surface area contributed by atoms with Gasteiger partial charge in [0.2, 0.25) is 0 Å². The van der Waals surface area contributed by atoms with E-state index in [2.05, 4.69) is 0 Å². The highest BCUT2D eigenvalue weighted by Crippen LogP contribution is 2.39. The van der Waals surface area contributed by atoms with Gasteiger partial charge in [-0.05, 0) is 23.8 Å². The molecule has 0 saturated heterocycles. The Kier molecular flexibility index (Phi) is 2.00. The predicted molar refractivity (Wildman–Crippen MR) is 50.1 cm³/mol. The maximum Gasteiger partial charge on any atom is 0.134 e. The molecule has 1 aromatic rings. The number of carbonyl (C=O) groups is 1. The maximum absolute atomic E-state index is 10.8. The molecule has 1 saturated carbocycles. The number of carbonyl (C=O) groups excluding carboxylic acids is 1. The molecule has 1 fully saturated rings. The molecule has 1 aliphatic rings. The van der Waals surface area contributed by atoms with Gasteiger partial charge in [-0.25, -0.2) is 0 Å². The minimum Gasteiger partial charge on any atom is -0.508 e. The van der Waals surface area contributed by atoms with Crippen LogP contribution in [0.2, 0.25) is 5.02 Å². The lowest BCUT2D eigenvalue weighted by Gasteiger charge is -2.25. The summed E-state index contributed by atoms with van der Waals surface area (Å²) >= 11 is 5.78. The zero-order valence-corrected chi connectivity index (χ0v) is 7.71. The van der Waals surface area contributed by atoms with Crippen LogP contribution < -0.4 is 0 Å². The summed E-state index contributed by atoms with van der Waals surface area (Å²) in [6, 6.07) is 4.94. The summed E-state index contributed by atoms with van der Waals surface area (Å²) in [4.78, 5) is 10.8. The van der Waals surface area contributed by atoms with Gasteiger partial charge in [0.05, 0.1) is 0 Å². The Morgan fingerprint density at radius 3 is 2.69 bits per heavy atom. The average molecular weight is 197 g/mol. The number of phenols is 1. The van der Waals surface area contributed by atoms with Crippen molar-refractivity contribution in [1.29, 1.82) is 0 Å². The van der Waals surface area contributed by atoms with Crippen molar-refractivity contribution >= 4 is 17.4 Å².